The summed E-state index contributed by atoms with van der Waals surface area (Å²) in [5.41, 5.74) is 5.36. The number of thioether (sulfide) groups is 1. The van der Waals surface area contributed by atoms with Crippen molar-refractivity contribution in [2.75, 3.05) is 0 Å². The lowest BCUT2D eigenvalue weighted by Crippen LogP contribution is -2.63. The second-order valence-corrected chi connectivity index (χ2v) is 8.64. The number of carboxylic acids is 2. The molecule has 1 aliphatic heterocycles. The van der Waals surface area contributed by atoms with Crippen LogP contribution in [-0.2, 0) is 19.2 Å². The maximum atomic E-state index is 12.3. The van der Waals surface area contributed by atoms with Crippen LogP contribution in [0.1, 0.15) is 33.1 Å². The minimum atomic E-state index is -1.11. The smallest absolute Gasteiger partial charge is 0.320 e. The zero-order valence-electron chi connectivity index (χ0n) is 13.5. The highest BCUT2D eigenvalue weighted by atomic mass is 32.2. The Bertz CT molecular complexity index is 578. The van der Waals surface area contributed by atoms with Crippen LogP contribution >= 0.6 is 11.8 Å². The van der Waals surface area contributed by atoms with Crippen LogP contribution in [0.3, 0.4) is 0 Å². The van der Waals surface area contributed by atoms with Crippen LogP contribution in [0.15, 0.2) is 0 Å². The van der Waals surface area contributed by atoms with Gasteiger partial charge in [-0.25, -0.2) is 0 Å². The van der Waals surface area contributed by atoms with Gasteiger partial charge in [0.05, 0.1) is 5.92 Å². The third kappa shape index (κ3) is 3.41. The molecule has 2 rings (SSSR count). The minimum Gasteiger partial charge on any atom is -0.481 e. The average molecular weight is 358 g/mol. The van der Waals surface area contributed by atoms with Gasteiger partial charge >= 0.3 is 11.9 Å². The molecule has 1 aliphatic carbocycles. The van der Waals surface area contributed by atoms with Crippen molar-refractivity contribution >= 4 is 35.4 Å². The van der Waals surface area contributed by atoms with E-state index in [1.807, 2.05) is 0 Å². The van der Waals surface area contributed by atoms with Gasteiger partial charge in [-0.2, -0.15) is 0 Å². The van der Waals surface area contributed by atoms with Crippen molar-refractivity contribution < 1.29 is 29.4 Å². The van der Waals surface area contributed by atoms with Crippen molar-refractivity contribution in [3.05, 3.63) is 0 Å². The first kappa shape index (κ1) is 18.7. The van der Waals surface area contributed by atoms with E-state index in [0.717, 1.165) is 0 Å². The van der Waals surface area contributed by atoms with E-state index in [1.165, 1.54) is 11.8 Å². The number of rotatable bonds is 7. The summed E-state index contributed by atoms with van der Waals surface area (Å²) in [6.07, 6.45) is 0.569. The molecule has 9 heteroatoms. The molecule has 0 radical (unpaired) electrons. The predicted octanol–water partition coefficient (Wildman–Crippen LogP) is -0.153. The molecule has 1 saturated carbocycles. The highest BCUT2D eigenvalue weighted by molar-refractivity contribution is 8.01. The standard InChI is InChI=1S/C15H22N2O6S/c1-15(2)9(14(22)23)8-11(19)10(12(8)24-15)17-7(18)5-3-4-6(16)13(20)21/h6,8-10,12H,3-5,16H2,1-2H3,(H,17,18)(H,20,21)(H,22,23)/t6-,8+,9+,10-,12+/m1/s1. The van der Waals surface area contributed by atoms with Crippen molar-refractivity contribution in [2.45, 2.75) is 55.2 Å². The lowest BCUT2D eigenvalue weighted by Gasteiger charge is -2.39. The summed E-state index contributed by atoms with van der Waals surface area (Å²) in [5, 5.41) is 20.5. The van der Waals surface area contributed by atoms with Gasteiger partial charge in [0.25, 0.3) is 0 Å². The maximum Gasteiger partial charge on any atom is 0.320 e. The van der Waals surface area contributed by atoms with E-state index in [9.17, 15) is 24.3 Å². The molecular weight excluding hydrogens is 336 g/mol. The summed E-state index contributed by atoms with van der Waals surface area (Å²) < 4.78 is -0.565. The summed E-state index contributed by atoms with van der Waals surface area (Å²) >= 11 is 1.43. The number of aliphatic carboxylic acids is 2. The van der Waals surface area contributed by atoms with E-state index in [0.29, 0.717) is 6.42 Å². The first-order valence-corrected chi connectivity index (χ1v) is 8.66. The van der Waals surface area contributed by atoms with Crippen molar-refractivity contribution in [3.8, 4) is 0 Å². The zero-order valence-corrected chi connectivity index (χ0v) is 14.3. The van der Waals surface area contributed by atoms with E-state index in [4.69, 9.17) is 10.8 Å². The number of carbonyl (C=O) groups excluding carboxylic acids is 2. The number of nitrogens with one attached hydrogen (secondary N) is 1. The summed E-state index contributed by atoms with van der Waals surface area (Å²) in [7, 11) is 0. The summed E-state index contributed by atoms with van der Waals surface area (Å²) in [5.74, 6) is -3.99. The molecule has 0 unspecified atom stereocenters. The molecule has 5 atom stereocenters. The monoisotopic (exact) mass is 358 g/mol. The lowest BCUT2D eigenvalue weighted by molar-refractivity contribution is -0.151. The van der Waals surface area contributed by atoms with E-state index in [2.05, 4.69) is 5.32 Å². The molecule has 5 N–H and O–H groups in total. The predicted molar refractivity (Wildman–Crippen MR) is 86.5 cm³/mol. The highest BCUT2D eigenvalue weighted by Crippen LogP contribution is 2.57. The van der Waals surface area contributed by atoms with Crippen LogP contribution in [0.4, 0.5) is 0 Å². The first-order chi connectivity index (χ1) is 11.1. The Morgan fingerprint density at radius 1 is 1.33 bits per heavy atom. The Morgan fingerprint density at radius 2 is 1.96 bits per heavy atom. The summed E-state index contributed by atoms with van der Waals surface area (Å²) in [4.78, 5) is 46.2. The first-order valence-electron chi connectivity index (χ1n) is 7.78. The molecular formula is C15H22N2O6S. The third-order valence-electron chi connectivity index (χ3n) is 4.68. The Hall–Kier alpha value is -1.61. The maximum absolute atomic E-state index is 12.3. The van der Waals surface area contributed by atoms with E-state index < -0.39 is 40.6 Å². The fraction of sp³-hybridized carbons (Fsp3) is 0.733. The third-order valence-corrected chi connectivity index (χ3v) is 6.38. The summed E-state index contributed by atoms with van der Waals surface area (Å²) in [6, 6.07) is -1.67. The van der Waals surface area contributed by atoms with Crippen LogP contribution in [-0.4, -0.2) is 55.9 Å². The molecule has 0 spiro atoms. The SMILES string of the molecule is CC1(C)S[C@H]2[C@H](C(=O)[C@H]2NC(=O)CCC[C@@H](N)C(=O)O)[C@H]1C(=O)O. The van der Waals surface area contributed by atoms with Gasteiger partial charge in [-0.05, 0) is 26.7 Å². The van der Waals surface area contributed by atoms with Crippen molar-refractivity contribution in [1.82, 2.24) is 5.32 Å². The molecule has 2 fully saturated rings. The zero-order chi connectivity index (χ0) is 18.2. The van der Waals surface area contributed by atoms with Crippen LogP contribution < -0.4 is 11.1 Å². The lowest BCUT2D eigenvalue weighted by atomic mass is 9.67. The number of nitrogens with two attached hydrogens (primary N) is 1. The van der Waals surface area contributed by atoms with Gasteiger partial charge in [-0.1, -0.05) is 0 Å². The molecule has 8 nitrogen and oxygen atoms in total. The number of Topliss-reactive ketones (excluding diaryl/α,β-unsaturated/α-hetero) is 1. The van der Waals surface area contributed by atoms with Crippen LogP contribution in [0.2, 0.25) is 0 Å². The van der Waals surface area contributed by atoms with Gasteiger partial charge < -0.3 is 21.3 Å². The van der Waals surface area contributed by atoms with Crippen molar-refractivity contribution in [2.24, 2.45) is 17.6 Å². The fourth-order valence-corrected chi connectivity index (χ4v) is 5.30. The Labute approximate surface area is 143 Å². The number of fused-ring (bicyclic) bond motifs is 1. The van der Waals surface area contributed by atoms with Crippen molar-refractivity contribution in [3.63, 3.8) is 0 Å². The second kappa shape index (κ2) is 6.72. The molecule has 0 aromatic carbocycles. The second-order valence-electron chi connectivity index (χ2n) is 6.81. The minimum absolute atomic E-state index is 0.0819. The molecule has 134 valence electrons. The van der Waals surface area contributed by atoms with Crippen molar-refractivity contribution in [1.29, 1.82) is 0 Å². The van der Waals surface area contributed by atoms with Gasteiger partial charge in [-0.3, -0.25) is 19.2 Å². The number of hydrogen-bond acceptors (Lipinski definition) is 6. The number of ketones is 1. The number of carbonyl (C=O) groups is 4. The van der Waals surface area contributed by atoms with E-state index >= 15 is 0 Å². The quantitative estimate of drug-likeness (QED) is 0.491. The van der Waals surface area contributed by atoms with Gasteiger partial charge in [0.1, 0.15) is 12.1 Å². The van der Waals surface area contributed by atoms with Gasteiger partial charge in [0, 0.05) is 22.3 Å². The molecule has 0 bridgehead atoms. The molecule has 1 saturated heterocycles. The normalized spacial score (nSPS) is 31.7. The Morgan fingerprint density at radius 3 is 2.50 bits per heavy atom. The topological polar surface area (TPSA) is 147 Å². The Balaban J connectivity index is 1.87. The number of hydrogen-bond donors (Lipinski definition) is 4. The molecule has 0 aromatic rings. The number of carboxylic acid groups (broad SMARTS) is 2. The highest BCUT2D eigenvalue weighted by Gasteiger charge is 2.65. The molecule has 2 aliphatic rings. The van der Waals surface area contributed by atoms with Crippen LogP contribution in [0, 0.1) is 11.8 Å². The van der Waals surface area contributed by atoms with Gasteiger partial charge in [-0.15, -0.1) is 11.8 Å². The molecule has 24 heavy (non-hydrogen) atoms. The van der Waals surface area contributed by atoms with E-state index in [-0.39, 0.29) is 29.8 Å². The summed E-state index contributed by atoms with van der Waals surface area (Å²) in [6.45, 7) is 3.60. The fourth-order valence-electron chi connectivity index (χ4n) is 3.43. The van der Waals surface area contributed by atoms with Crippen LogP contribution in [0.25, 0.3) is 0 Å². The number of amides is 1. The average Bonchev–Trinajstić information content (AvgIpc) is 2.73. The van der Waals surface area contributed by atoms with Gasteiger partial charge in [0.2, 0.25) is 5.91 Å². The Kier molecular flexibility index (Phi) is 5.24. The molecule has 0 aromatic heterocycles. The van der Waals surface area contributed by atoms with E-state index in [1.54, 1.807) is 13.8 Å². The van der Waals surface area contributed by atoms with Gasteiger partial charge in [0.15, 0.2) is 5.78 Å². The largest absolute Gasteiger partial charge is 0.481 e. The molecule has 1 amide bonds. The van der Waals surface area contributed by atoms with Crippen LogP contribution in [0.5, 0.6) is 0 Å². The molecule has 1 heterocycles.